The van der Waals surface area contributed by atoms with Crippen LogP contribution in [0.15, 0.2) is 12.1 Å². The van der Waals surface area contributed by atoms with Crippen molar-refractivity contribution in [2.24, 2.45) is 0 Å². The number of nitrogens with zero attached hydrogens (tertiary/aromatic N) is 1. The fourth-order valence-electron chi connectivity index (χ4n) is 1.70. The van der Waals surface area contributed by atoms with Crippen molar-refractivity contribution in [3.05, 3.63) is 28.3 Å². The van der Waals surface area contributed by atoms with Gasteiger partial charge in [0, 0.05) is 17.1 Å². The van der Waals surface area contributed by atoms with Crippen LogP contribution in [0, 0.1) is 0 Å². The lowest BCUT2D eigenvalue weighted by atomic mass is 10.1. The zero-order valence-electron chi connectivity index (χ0n) is 10.4. The third-order valence-corrected chi connectivity index (χ3v) is 2.64. The molecule has 0 fully saturated rings. The molecule has 0 atom stereocenters. The summed E-state index contributed by atoms with van der Waals surface area (Å²) >= 11 is 5.78. The van der Waals surface area contributed by atoms with Gasteiger partial charge < -0.3 is 5.11 Å². The number of aromatic hydroxyl groups is 1. The molecule has 0 unspecified atom stereocenters. The summed E-state index contributed by atoms with van der Waals surface area (Å²) in [4.78, 5) is 12.3. The van der Waals surface area contributed by atoms with E-state index in [0.29, 0.717) is 0 Å². The van der Waals surface area contributed by atoms with E-state index in [-0.39, 0.29) is 28.4 Å². The second kappa shape index (κ2) is 5.79. The average molecular weight is 296 g/mol. The molecular weight excluding hydrogens is 283 g/mol. The predicted molar refractivity (Wildman–Crippen MR) is 65.5 cm³/mol. The van der Waals surface area contributed by atoms with E-state index in [9.17, 15) is 23.1 Å². The number of alkyl halides is 3. The SMILES string of the molecule is CC(=O)c1cc(Cl)cc(CN(C)CC(F)(F)F)c1O. The monoisotopic (exact) mass is 295 g/mol. The molecule has 1 rings (SSSR count). The van der Waals surface area contributed by atoms with Gasteiger partial charge in [0.2, 0.25) is 0 Å². The summed E-state index contributed by atoms with van der Waals surface area (Å²) in [5.41, 5.74) is 0.187. The van der Waals surface area contributed by atoms with Gasteiger partial charge in [0.15, 0.2) is 5.78 Å². The van der Waals surface area contributed by atoms with Crippen molar-refractivity contribution in [2.75, 3.05) is 13.6 Å². The lowest BCUT2D eigenvalue weighted by Crippen LogP contribution is -2.30. The fraction of sp³-hybridized carbons (Fsp3) is 0.417. The number of phenols is 1. The first-order valence-corrected chi connectivity index (χ1v) is 5.75. The molecule has 7 heteroatoms. The number of hydrogen-bond acceptors (Lipinski definition) is 3. The van der Waals surface area contributed by atoms with Crippen molar-refractivity contribution >= 4 is 17.4 Å². The van der Waals surface area contributed by atoms with Gasteiger partial charge in [-0.05, 0) is 26.1 Å². The summed E-state index contributed by atoms with van der Waals surface area (Å²) in [6, 6.07) is 2.63. The highest BCUT2D eigenvalue weighted by Crippen LogP contribution is 2.29. The average Bonchev–Trinajstić information content (AvgIpc) is 2.19. The molecule has 106 valence electrons. The molecule has 0 aromatic heterocycles. The zero-order valence-corrected chi connectivity index (χ0v) is 11.1. The topological polar surface area (TPSA) is 40.5 Å². The number of benzene rings is 1. The van der Waals surface area contributed by atoms with Crippen molar-refractivity contribution in [1.29, 1.82) is 0 Å². The third-order valence-electron chi connectivity index (χ3n) is 2.42. The Morgan fingerprint density at radius 2 is 2.00 bits per heavy atom. The van der Waals surface area contributed by atoms with E-state index in [0.717, 1.165) is 4.90 Å². The van der Waals surface area contributed by atoms with E-state index in [1.807, 2.05) is 0 Å². The maximum atomic E-state index is 12.2. The van der Waals surface area contributed by atoms with Gasteiger partial charge in [0.05, 0.1) is 12.1 Å². The van der Waals surface area contributed by atoms with Crippen LogP contribution < -0.4 is 0 Å². The molecular formula is C12H13ClF3NO2. The van der Waals surface area contributed by atoms with Crippen molar-refractivity contribution in [3.63, 3.8) is 0 Å². The molecule has 0 aliphatic carbocycles. The van der Waals surface area contributed by atoms with E-state index in [1.54, 1.807) is 0 Å². The summed E-state index contributed by atoms with van der Waals surface area (Å²) in [7, 11) is 1.27. The molecule has 1 aromatic rings. The first kappa shape index (κ1) is 15.8. The Labute approximate surface area is 113 Å². The largest absolute Gasteiger partial charge is 0.507 e. The summed E-state index contributed by atoms with van der Waals surface area (Å²) in [5, 5.41) is 10.0. The van der Waals surface area contributed by atoms with Gasteiger partial charge in [-0.2, -0.15) is 13.2 Å². The molecule has 3 nitrogen and oxygen atoms in total. The number of carbonyl (C=O) groups is 1. The van der Waals surface area contributed by atoms with Crippen LogP contribution in [0.1, 0.15) is 22.8 Å². The molecule has 0 bridgehead atoms. The summed E-state index contributed by atoms with van der Waals surface area (Å²) < 4.78 is 36.6. The van der Waals surface area contributed by atoms with Gasteiger partial charge in [-0.1, -0.05) is 11.6 Å². The molecule has 1 aromatic carbocycles. The molecule has 0 aliphatic heterocycles. The van der Waals surface area contributed by atoms with Crippen molar-refractivity contribution in [2.45, 2.75) is 19.6 Å². The van der Waals surface area contributed by atoms with Gasteiger partial charge in [-0.3, -0.25) is 9.69 Å². The van der Waals surface area contributed by atoms with Crippen molar-refractivity contribution < 1.29 is 23.1 Å². The van der Waals surface area contributed by atoms with Crippen LogP contribution in [0.25, 0.3) is 0 Å². The molecule has 1 N–H and O–H groups in total. The van der Waals surface area contributed by atoms with Gasteiger partial charge in [0.1, 0.15) is 5.75 Å². The minimum Gasteiger partial charge on any atom is -0.507 e. The minimum atomic E-state index is -4.33. The second-order valence-electron chi connectivity index (χ2n) is 4.30. The Morgan fingerprint density at radius 1 is 1.42 bits per heavy atom. The zero-order chi connectivity index (χ0) is 14.8. The van der Waals surface area contributed by atoms with E-state index in [4.69, 9.17) is 11.6 Å². The smallest absolute Gasteiger partial charge is 0.401 e. The Morgan fingerprint density at radius 3 is 2.47 bits per heavy atom. The van der Waals surface area contributed by atoms with Gasteiger partial charge in [-0.25, -0.2) is 0 Å². The van der Waals surface area contributed by atoms with Crippen LogP contribution in [0.3, 0.4) is 0 Å². The second-order valence-corrected chi connectivity index (χ2v) is 4.74. The van der Waals surface area contributed by atoms with Crippen LogP contribution in [0.5, 0.6) is 5.75 Å². The summed E-state index contributed by atoms with van der Waals surface area (Å²) in [6.07, 6.45) is -4.33. The highest BCUT2D eigenvalue weighted by atomic mass is 35.5. The van der Waals surface area contributed by atoms with Gasteiger partial charge in [-0.15, -0.1) is 0 Å². The maximum Gasteiger partial charge on any atom is 0.401 e. The number of halogens is 4. The number of rotatable bonds is 4. The predicted octanol–water partition coefficient (Wildman–Crippen LogP) is 3.24. The third kappa shape index (κ3) is 4.72. The highest BCUT2D eigenvalue weighted by Gasteiger charge is 2.29. The van der Waals surface area contributed by atoms with Crippen LogP contribution in [-0.4, -0.2) is 35.6 Å². The number of phenolic OH excluding ortho intramolecular Hbond substituents is 1. The van der Waals surface area contributed by atoms with E-state index < -0.39 is 18.5 Å². The summed E-state index contributed by atoms with van der Waals surface area (Å²) in [5.74, 6) is -0.731. The molecule has 0 saturated heterocycles. The Balaban J connectivity index is 2.98. The molecule has 0 spiro atoms. The first-order chi connectivity index (χ1) is 8.60. The molecule has 0 amide bonds. The molecule has 0 radical (unpaired) electrons. The molecule has 19 heavy (non-hydrogen) atoms. The van der Waals surface area contributed by atoms with Gasteiger partial charge >= 0.3 is 6.18 Å². The van der Waals surface area contributed by atoms with Crippen LogP contribution in [0.2, 0.25) is 5.02 Å². The van der Waals surface area contributed by atoms with Crippen LogP contribution in [-0.2, 0) is 6.54 Å². The quantitative estimate of drug-likeness (QED) is 0.867. The fourth-order valence-corrected chi connectivity index (χ4v) is 1.94. The normalized spacial score (nSPS) is 11.9. The lowest BCUT2D eigenvalue weighted by molar-refractivity contribution is -0.144. The van der Waals surface area contributed by atoms with E-state index in [2.05, 4.69) is 0 Å². The van der Waals surface area contributed by atoms with E-state index in [1.165, 1.54) is 26.1 Å². The lowest BCUT2D eigenvalue weighted by Gasteiger charge is -2.19. The number of Topliss-reactive ketones (excluding diaryl/α,β-unsaturated/α-hetero) is 1. The van der Waals surface area contributed by atoms with Crippen molar-refractivity contribution in [1.82, 2.24) is 4.90 Å². The van der Waals surface area contributed by atoms with Crippen LogP contribution in [0.4, 0.5) is 13.2 Å². The molecule has 0 aliphatic rings. The molecule has 0 saturated carbocycles. The Hall–Kier alpha value is -1.27. The Bertz CT molecular complexity index is 489. The molecule has 0 heterocycles. The number of carbonyl (C=O) groups excluding carboxylic acids is 1. The Kier molecular flexibility index (Phi) is 4.81. The maximum absolute atomic E-state index is 12.2. The van der Waals surface area contributed by atoms with Crippen molar-refractivity contribution in [3.8, 4) is 5.75 Å². The summed E-state index contributed by atoms with van der Waals surface area (Å²) in [6.45, 7) is -0.0326. The van der Waals surface area contributed by atoms with Crippen LogP contribution >= 0.6 is 11.6 Å². The minimum absolute atomic E-state index is 0.00269. The van der Waals surface area contributed by atoms with E-state index >= 15 is 0 Å². The highest BCUT2D eigenvalue weighted by molar-refractivity contribution is 6.31. The first-order valence-electron chi connectivity index (χ1n) is 5.38. The standard InChI is InChI=1S/C12H13ClF3NO2/c1-7(18)10-4-9(13)3-8(11(10)19)5-17(2)6-12(14,15)16/h3-4,19H,5-6H2,1-2H3. The number of hydrogen-bond donors (Lipinski definition) is 1. The van der Waals surface area contributed by atoms with Gasteiger partial charge in [0.25, 0.3) is 0 Å². The number of ketones is 1.